The Morgan fingerprint density at radius 3 is 2.82 bits per heavy atom. The average molecular weight is 339 g/mol. The number of thioether (sulfide) groups is 1. The number of aromatic nitrogens is 4. The molecular formula is C15H22N4OS2. The predicted octanol–water partition coefficient (Wildman–Crippen LogP) is 4.17. The van der Waals surface area contributed by atoms with Crippen molar-refractivity contribution in [2.75, 3.05) is 5.75 Å². The fourth-order valence-electron chi connectivity index (χ4n) is 2.14. The Morgan fingerprint density at radius 2 is 2.09 bits per heavy atom. The van der Waals surface area contributed by atoms with E-state index in [4.69, 9.17) is 12.2 Å². The summed E-state index contributed by atoms with van der Waals surface area (Å²) in [6.07, 6.45) is 5.77. The Kier molecular flexibility index (Phi) is 6.02. The Hall–Kier alpha value is -1.34. The summed E-state index contributed by atoms with van der Waals surface area (Å²) in [7, 11) is 0. The molecule has 0 fully saturated rings. The normalized spacial score (nSPS) is 12.5. The van der Waals surface area contributed by atoms with Gasteiger partial charge >= 0.3 is 0 Å². The molecule has 0 amide bonds. The van der Waals surface area contributed by atoms with Gasteiger partial charge in [-0.3, -0.25) is 9.78 Å². The van der Waals surface area contributed by atoms with Crippen LogP contribution in [0.15, 0.2) is 21.6 Å². The highest BCUT2D eigenvalue weighted by molar-refractivity contribution is 7.99. The van der Waals surface area contributed by atoms with Crippen LogP contribution >= 0.6 is 24.0 Å². The van der Waals surface area contributed by atoms with Gasteiger partial charge in [0.1, 0.15) is 5.52 Å². The first kappa shape index (κ1) is 17.0. The second kappa shape index (κ2) is 7.78. The number of nitrogens with one attached hydrogen (secondary N) is 3. The van der Waals surface area contributed by atoms with Crippen LogP contribution in [-0.4, -0.2) is 25.7 Å². The molecular weight excluding hydrogens is 316 g/mol. The summed E-state index contributed by atoms with van der Waals surface area (Å²) in [5.74, 6) is 1.66. The first-order chi connectivity index (χ1) is 10.5. The molecule has 1 unspecified atom stereocenters. The van der Waals surface area contributed by atoms with E-state index >= 15 is 0 Å². The number of allylic oxidation sites excluding steroid dienone is 2. The lowest BCUT2D eigenvalue weighted by molar-refractivity contribution is 0.525. The van der Waals surface area contributed by atoms with Crippen molar-refractivity contribution in [1.29, 1.82) is 0 Å². The highest BCUT2D eigenvalue weighted by atomic mass is 32.2. The molecule has 2 aromatic heterocycles. The van der Waals surface area contributed by atoms with E-state index in [1.165, 1.54) is 12.0 Å². The molecule has 0 aromatic carbocycles. The van der Waals surface area contributed by atoms with Crippen molar-refractivity contribution in [3.63, 3.8) is 0 Å². The third kappa shape index (κ3) is 4.84. The molecule has 0 spiro atoms. The zero-order valence-electron chi connectivity index (χ0n) is 13.2. The second-order valence-electron chi connectivity index (χ2n) is 5.77. The molecule has 0 aliphatic rings. The molecule has 120 valence electrons. The van der Waals surface area contributed by atoms with Crippen molar-refractivity contribution in [1.82, 2.24) is 19.9 Å². The van der Waals surface area contributed by atoms with Gasteiger partial charge < -0.3 is 9.97 Å². The molecule has 0 saturated carbocycles. The largest absolute Gasteiger partial charge is 0.327 e. The van der Waals surface area contributed by atoms with Crippen molar-refractivity contribution >= 4 is 35.1 Å². The van der Waals surface area contributed by atoms with Crippen LogP contribution in [0.3, 0.4) is 0 Å². The smallest absolute Gasteiger partial charge is 0.277 e. The standard InChI is InChI=1S/C15H22N4OS2/c1-9(2)5-4-6-10(3)7-8-22-15-16-11-12(18-15)17-14(21)19-13(11)20/h5,10H,4,6-8H2,1-3H3,(H3,16,17,18,19,20,21). The second-order valence-corrected chi connectivity index (χ2v) is 7.27. The molecule has 0 bridgehead atoms. The van der Waals surface area contributed by atoms with E-state index in [0.717, 1.165) is 23.8 Å². The molecule has 1 atom stereocenters. The SMILES string of the molecule is CC(C)=CCCC(C)CCSc1nc2[nH]c(=S)[nH]c(=O)c2[nH]1. The molecule has 22 heavy (non-hydrogen) atoms. The van der Waals surface area contributed by atoms with E-state index in [1.54, 1.807) is 11.8 Å². The van der Waals surface area contributed by atoms with Crippen LogP contribution in [0.4, 0.5) is 0 Å². The van der Waals surface area contributed by atoms with Gasteiger partial charge in [-0.2, -0.15) is 0 Å². The highest BCUT2D eigenvalue weighted by Crippen LogP contribution is 2.21. The quantitative estimate of drug-likeness (QED) is 0.402. The molecule has 7 heteroatoms. The number of hydrogen-bond donors (Lipinski definition) is 3. The van der Waals surface area contributed by atoms with Gasteiger partial charge in [-0.1, -0.05) is 30.3 Å². The molecule has 0 saturated heterocycles. The van der Waals surface area contributed by atoms with Crippen LogP contribution in [0.5, 0.6) is 0 Å². The summed E-state index contributed by atoms with van der Waals surface area (Å²) in [6, 6.07) is 0. The summed E-state index contributed by atoms with van der Waals surface area (Å²) in [4.78, 5) is 24.6. The molecule has 2 rings (SSSR count). The van der Waals surface area contributed by atoms with Crippen LogP contribution in [0.1, 0.15) is 40.0 Å². The fourth-order valence-corrected chi connectivity index (χ4v) is 3.37. The predicted molar refractivity (Wildman–Crippen MR) is 95.1 cm³/mol. The van der Waals surface area contributed by atoms with Crippen molar-refractivity contribution < 1.29 is 0 Å². The lowest BCUT2D eigenvalue weighted by atomic mass is 10.0. The summed E-state index contributed by atoms with van der Waals surface area (Å²) in [5.41, 5.74) is 2.13. The van der Waals surface area contributed by atoms with E-state index in [-0.39, 0.29) is 5.56 Å². The maximum absolute atomic E-state index is 11.7. The first-order valence-corrected chi connectivity index (χ1v) is 8.83. The summed E-state index contributed by atoms with van der Waals surface area (Å²) >= 11 is 6.58. The Morgan fingerprint density at radius 1 is 1.32 bits per heavy atom. The summed E-state index contributed by atoms with van der Waals surface area (Å²) in [6.45, 7) is 6.55. The summed E-state index contributed by atoms with van der Waals surface area (Å²) in [5, 5.41) is 0.758. The highest BCUT2D eigenvalue weighted by Gasteiger charge is 2.08. The van der Waals surface area contributed by atoms with E-state index in [0.29, 0.717) is 21.9 Å². The number of aromatic amines is 3. The first-order valence-electron chi connectivity index (χ1n) is 7.44. The van der Waals surface area contributed by atoms with Gasteiger partial charge in [0.25, 0.3) is 5.56 Å². The number of nitrogens with zero attached hydrogens (tertiary/aromatic N) is 1. The number of hydrogen-bond acceptors (Lipinski definition) is 4. The average Bonchev–Trinajstić information content (AvgIpc) is 2.81. The van der Waals surface area contributed by atoms with Gasteiger partial charge in [0, 0.05) is 5.75 Å². The number of imidazole rings is 1. The van der Waals surface area contributed by atoms with Crippen LogP contribution in [0.2, 0.25) is 0 Å². The van der Waals surface area contributed by atoms with Gasteiger partial charge in [0.05, 0.1) is 0 Å². The number of fused-ring (bicyclic) bond motifs is 1. The van der Waals surface area contributed by atoms with Gasteiger partial charge in [-0.05, 0) is 51.2 Å². The van der Waals surface area contributed by atoms with Crippen LogP contribution in [0, 0.1) is 10.7 Å². The van der Waals surface area contributed by atoms with Crippen molar-refractivity contribution in [2.45, 2.75) is 45.2 Å². The minimum atomic E-state index is -0.229. The summed E-state index contributed by atoms with van der Waals surface area (Å²) < 4.78 is 0.299. The van der Waals surface area contributed by atoms with E-state index in [2.05, 4.69) is 46.8 Å². The van der Waals surface area contributed by atoms with Crippen LogP contribution in [0.25, 0.3) is 11.2 Å². The maximum Gasteiger partial charge on any atom is 0.277 e. The molecule has 5 nitrogen and oxygen atoms in total. The van der Waals surface area contributed by atoms with Gasteiger partial charge in [0.15, 0.2) is 15.6 Å². The zero-order chi connectivity index (χ0) is 16.1. The third-order valence-corrected chi connectivity index (χ3v) is 4.54. The maximum atomic E-state index is 11.7. The van der Waals surface area contributed by atoms with Gasteiger partial charge in [-0.25, -0.2) is 4.98 Å². The van der Waals surface area contributed by atoms with E-state index in [9.17, 15) is 4.79 Å². The van der Waals surface area contributed by atoms with Crippen molar-refractivity contribution in [3.05, 3.63) is 26.8 Å². The van der Waals surface area contributed by atoms with Crippen molar-refractivity contribution in [2.24, 2.45) is 5.92 Å². The zero-order valence-corrected chi connectivity index (χ0v) is 14.8. The topological polar surface area (TPSA) is 77.3 Å². The minimum Gasteiger partial charge on any atom is -0.327 e. The third-order valence-electron chi connectivity index (χ3n) is 3.43. The molecule has 0 radical (unpaired) electrons. The van der Waals surface area contributed by atoms with Crippen LogP contribution < -0.4 is 5.56 Å². The lowest BCUT2D eigenvalue weighted by Gasteiger charge is -2.08. The van der Waals surface area contributed by atoms with Gasteiger partial charge in [-0.15, -0.1) is 0 Å². The van der Waals surface area contributed by atoms with Gasteiger partial charge in [0.2, 0.25) is 0 Å². The minimum absolute atomic E-state index is 0.229. The molecule has 0 aliphatic carbocycles. The number of H-pyrrole nitrogens is 3. The fraction of sp³-hybridized carbons (Fsp3) is 0.533. The molecule has 3 N–H and O–H groups in total. The monoisotopic (exact) mass is 338 g/mol. The lowest BCUT2D eigenvalue weighted by Crippen LogP contribution is -2.07. The molecule has 0 aliphatic heterocycles. The Bertz CT molecular complexity index is 768. The van der Waals surface area contributed by atoms with E-state index in [1.807, 2.05) is 0 Å². The van der Waals surface area contributed by atoms with Crippen molar-refractivity contribution in [3.8, 4) is 0 Å². The molecule has 2 heterocycles. The van der Waals surface area contributed by atoms with Crippen LogP contribution in [-0.2, 0) is 0 Å². The Labute approximate surface area is 139 Å². The Balaban J connectivity index is 1.87. The number of rotatable bonds is 7. The molecule has 2 aromatic rings. The van der Waals surface area contributed by atoms with E-state index < -0.39 is 0 Å².